The largest absolute Gasteiger partial charge is 0.513 e. The van der Waals surface area contributed by atoms with Gasteiger partial charge in [0.1, 0.15) is 10.0 Å². The fourth-order valence-electron chi connectivity index (χ4n) is 1.68. The maximum absolute atomic E-state index is 11.5. The van der Waals surface area contributed by atoms with Gasteiger partial charge < -0.3 is 14.7 Å². The number of likely N-dealkylation sites (N-methyl/N-ethyl adjacent to an activating group) is 1. The third-order valence-electron chi connectivity index (χ3n) is 2.83. The Hall–Kier alpha value is -1.48. The van der Waals surface area contributed by atoms with Crippen molar-refractivity contribution >= 4 is 56.4 Å². The second-order valence-electron chi connectivity index (χ2n) is 4.33. The van der Waals surface area contributed by atoms with E-state index in [4.69, 9.17) is 33.1 Å². The molecule has 0 amide bonds. The van der Waals surface area contributed by atoms with Crippen molar-refractivity contribution < 1.29 is 19.5 Å². The number of hydrogen-bond donors (Lipinski definition) is 1. The zero-order valence-electron chi connectivity index (χ0n) is 12.4. The van der Waals surface area contributed by atoms with Crippen LogP contribution in [0.15, 0.2) is 33.9 Å². The van der Waals surface area contributed by atoms with Gasteiger partial charge in [-0.3, -0.25) is 0 Å². The zero-order chi connectivity index (χ0) is 17.9. The van der Waals surface area contributed by atoms with Crippen LogP contribution in [0.1, 0.15) is 0 Å². The predicted molar refractivity (Wildman–Crippen MR) is 96.4 cm³/mol. The van der Waals surface area contributed by atoms with Gasteiger partial charge in [0.25, 0.3) is 0 Å². The number of rotatable bonds is 5. The first-order valence-electron chi connectivity index (χ1n) is 6.33. The van der Waals surface area contributed by atoms with Crippen molar-refractivity contribution in [3.05, 3.63) is 44.0 Å². The summed E-state index contributed by atoms with van der Waals surface area (Å²) < 4.78 is 5.25. The van der Waals surface area contributed by atoms with Crippen LogP contribution in [0.3, 0.4) is 0 Å². The van der Waals surface area contributed by atoms with E-state index in [1.807, 2.05) is 0 Å². The molecule has 0 saturated heterocycles. The highest BCUT2D eigenvalue weighted by Gasteiger charge is 2.20. The highest BCUT2D eigenvalue weighted by Crippen LogP contribution is 2.38. The first-order chi connectivity index (χ1) is 11.4. The van der Waals surface area contributed by atoms with Crippen molar-refractivity contribution in [2.45, 2.75) is 0 Å². The molecule has 2 aromatic rings. The third-order valence-corrected chi connectivity index (χ3v) is 5.14. The first kappa shape index (κ1) is 18.9. The van der Waals surface area contributed by atoms with Crippen LogP contribution in [-0.2, 0) is 9.53 Å². The lowest BCUT2D eigenvalue weighted by Gasteiger charge is -2.17. The zero-order valence-corrected chi connectivity index (χ0v) is 16.3. The minimum Gasteiger partial charge on any atom is -0.513 e. The molecule has 0 unspecified atom stereocenters. The number of aliphatic hydroxyl groups is 1. The second kappa shape index (κ2) is 8.06. The van der Waals surface area contributed by atoms with E-state index in [9.17, 15) is 4.79 Å². The van der Waals surface area contributed by atoms with Crippen molar-refractivity contribution in [3.63, 3.8) is 0 Å². The van der Waals surface area contributed by atoms with Gasteiger partial charge >= 0.3 is 11.2 Å². The summed E-state index contributed by atoms with van der Waals surface area (Å²) in [7, 11) is 2.63. The molecule has 0 aliphatic carbocycles. The molecule has 0 spiro atoms. The van der Waals surface area contributed by atoms with Crippen LogP contribution in [0.2, 0.25) is 10.0 Å². The van der Waals surface area contributed by atoms with E-state index >= 15 is 0 Å². The molecule has 128 valence electrons. The van der Waals surface area contributed by atoms with Crippen molar-refractivity contribution in [1.82, 2.24) is 10.0 Å². The smallest absolute Gasteiger partial charge is 0.360 e. The number of nitrogens with zero attached hydrogens (tertiary/aromatic N) is 2. The normalized spacial score (nSPS) is 11.3. The minimum absolute atomic E-state index is 0.181. The Morgan fingerprint density at radius 2 is 2.12 bits per heavy atom. The average Bonchev–Trinajstić information content (AvgIpc) is 2.90. The molecule has 1 aromatic carbocycles. The number of hydrogen-bond acceptors (Lipinski definition) is 7. The van der Waals surface area contributed by atoms with Gasteiger partial charge in [-0.1, -0.05) is 40.6 Å². The van der Waals surface area contributed by atoms with Crippen molar-refractivity contribution in [2.75, 3.05) is 14.2 Å². The van der Waals surface area contributed by atoms with Crippen LogP contribution in [0.25, 0.3) is 11.3 Å². The first-order valence-corrected chi connectivity index (χ1v) is 8.70. The van der Waals surface area contributed by atoms with Crippen LogP contribution < -0.4 is 4.84 Å². The lowest BCUT2D eigenvalue weighted by atomic mass is 10.2. The molecule has 0 aliphatic heterocycles. The highest BCUT2D eigenvalue weighted by atomic mass is 79.9. The molecule has 1 aromatic heterocycles. The Morgan fingerprint density at radius 3 is 2.71 bits per heavy atom. The molecule has 0 saturated carbocycles. The summed E-state index contributed by atoms with van der Waals surface area (Å²) in [6.07, 6.45) is 0.592. The Labute approximate surface area is 160 Å². The van der Waals surface area contributed by atoms with Crippen LogP contribution >= 0.6 is 50.5 Å². The van der Waals surface area contributed by atoms with E-state index in [0.29, 0.717) is 25.8 Å². The molecule has 1 heterocycles. The lowest BCUT2D eigenvalue weighted by molar-refractivity contribution is -0.142. The maximum atomic E-state index is 11.5. The van der Waals surface area contributed by atoms with Gasteiger partial charge in [0, 0.05) is 12.6 Å². The number of hydroxylamine groups is 2. The van der Waals surface area contributed by atoms with Crippen molar-refractivity contribution in [3.8, 4) is 16.5 Å². The van der Waals surface area contributed by atoms with E-state index in [0.717, 1.165) is 10.6 Å². The van der Waals surface area contributed by atoms with Gasteiger partial charge in [-0.15, -0.1) is 0 Å². The monoisotopic (exact) mass is 452 g/mol. The number of aliphatic hydroxyl groups excluding tert-OH is 1. The predicted octanol–water partition coefficient (Wildman–Crippen LogP) is 4.68. The van der Waals surface area contributed by atoms with Gasteiger partial charge in [0.15, 0.2) is 5.70 Å². The quantitative estimate of drug-likeness (QED) is 0.306. The molecule has 0 radical (unpaired) electrons. The number of esters is 1. The Morgan fingerprint density at radius 1 is 1.42 bits per heavy atom. The summed E-state index contributed by atoms with van der Waals surface area (Å²) in [5.41, 5.74) is 1.17. The number of thiazole rings is 1. The average molecular weight is 454 g/mol. The Bertz CT molecular complexity index is 797. The molecule has 6 nitrogen and oxygen atoms in total. The third kappa shape index (κ3) is 4.13. The SMILES string of the molecule is COC(=O)C(=CO)N(C)Oc1nc(-c2ccc(Cl)c(Cl)c2)c(Br)s1. The molecule has 0 aliphatic rings. The van der Waals surface area contributed by atoms with Crippen LogP contribution in [0.4, 0.5) is 0 Å². The lowest BCUT2D eigenvalue weighted by Crippen LogP contribution is -2.27. The molecule has 24 heavy (non-hydrogen) atoms. The molecular formula is C14H11BrCl2N2O4S. The molecule has 2 rings (SSSR count). The Balaban J connectivity index is 2.25. The van der Waals surface area contributed by atoms with Gasteiger partial charge in [-0.2, -0.15) is 10.0 Å². The van der Waals surface area contributed by atoms with Gasteiger partial charge in [0.05, 0.1) is 22.8 Å². The topological polar surface area (TPSA) is 71.9 Å². The summed E-state index contributed by atoms with van der Waals surface area (Å²) >= 11 is 16.5. The number of aromatic nitrogens is 1. The molecule has 0 fully saturated rings. The van der Waals surface area contributed by atoms with Crippen molar-refractivity contribution in [2.24, 2.45) is 0 Å². The number of ether oxygens (including phenoxy) is 1. The van der Waals surface area contributed by atoms with E-state index in [-0.39, 0.29) is 10.9 Å². The number of carbonyl (C=O) groups is 1. The maximum Gasteiger partial charge on any atom is 0.360 e. The number of benzene rings is 1. The van der Waals surface area contributed by atoms with E-state index in [1.54, 1.807) is 18.2 Å². The summed E-state index contributed by atoms with van der Waals surface area (Å²) in [6.45, 7) is 0. The number of carbonyl (C=O) groups excluding carboxylic acids is 1. The molecule has 1 N–H and O–H groups in total. The van der Waals surface area contributed by atoms with Gasteiger partial charge in [0.2, 0.25) is 0 Å². The second-order valence-corrected chi connectivity index (χ2v) is 7.42. The standard InChI is InChI=1S/C14H11BrCl2N2O4S/c1-19(10(6-20)13(21)22-2)23-14-18-11(12(15)24-14)7-3-4-8(16)9(17)5-7/h3-6,20H,1-2H3. The molecule has 0 atom stereocenters. The summed E-state index contributed by atoms with van der Waals surface area (Å²) in [5, 5.41) is 11.3. The van der Waals surface area contributed by atoms with Crippen LogP contribution in [-0.4, -0.2) is 35.3 Å². The van der Waals surface area contributed by atoms with Crippen LogP contribution in [0, 0.1) is 0 Å². The van der Waals surface area contributed by atoms with Gasteiger partial charge in [-0.25, -0.2) is 4.79 Å². The summed E-state index contributed by atoms with van der Waals surface area (Å²) in [6, 6.07) is 5.13. The highest BCUT2D eigenvalue weighted by molar-refractivity contribution is 9.11. The fraction of sp³-hybridized carbons (Fsp3) is 0.143. The fourth-order valence-corrected chi connectivity index (χ4v) is 3.41. The van der Waals surface area contributed by atoms with E-state index < -0.39 is 5.97 Å². The van der Waals surface area contributed by atoms with Crippen molar-refractivity contribution in [1.29, 1.82) is 0 Å². The molecular weight excluding hydrogens is 443 g/mol. The molecule has 10 heteroatoms. The van der Waals surface area contributed by atoms with Crippen LogP contribution in [0.5, 0.6) is 5.19 Å². The number of halogens is 3. The van der Waals surface area contributed by atoms with E-state index in [2.05, 4.69) is 25.7 Å². The summed E-state index contributed by atoms with van der Waals surface area (Å²) in [4.78, 5) is 21.3. The van der Waals surface area contributed by atoms with Gasteiger partial charge in [-0.05, 0) is 28.1 Å². The summed E-state index contributed by atoms with van der Waals surface area (Å²) in [5.74, 6) is -0.750. The number of methoxy groups -OCH3 is 1. The Kier molecular flexibility index (Phi) is 6.34. The molecule has 0 bridgehead atoms. The minimum atomic E-state index is -0.750. The van der Waals surface area contributed by atoms with E-state index in [1.165, 1.54) is 25.5 Å².